The number of aromatic nitrogens is 4. The number of carboxylic acid groups (broad SMARTS) is 1. The Hall–Kier alpha value is -4.67. The first-order valence-corrected chi connectivity index (χ1v) is 15.7. The number of nitrogen functional groups attached to an aromatic ring is 1. The minimum absolute atomic E-state index is 0.0113. The molecule has 44 heavy (non-hydrogen) atoms. The Balaban J connectivity index is 1.30. The second kappa shape index (κ2) is 12.5. The number of fused-ring (bicyclic) bond motifs is 1. The normalized spacial score (nSPS) is 18.0. The molecule has 0 saturated carbocycles. The summed E-state index contributed by atoms with van der Waals surface area (Å²) in [6.45, 7) is -0.495. The highest BCUT2D eigenvalue weighted by Crippen LogP contribution is 2.41. The molecular weight excluding hydrogens is 663 g/mol. The first-order chi connectivity index (χ1) is 20.9. The summed E-state index contributed by atoms with van der Waals surface area (Å²) in [6, 6.07) is -0.210. The van der Waals surface area contributed by atoms with Crippen molar-refractivity contribution in [3.8, 4) is 5.75 Å². The monoisotopic (exact) mass is 681 g/mol. The Labute approximate surface area is 261 Å². The number of hydrogen-bond donors (Lipinski definition) is 6. The van der Waals surface area contributed by atoms with E-state index in [0.717, 1.165) is 51.6 Å². The van der Waals surface area contributed by atoms with E-state index in [1.165, 1.54) is 17.1 Å². The van der Waals surface area contributed by atoms with Crippen molar-refractivity contribution in [2.75, 3.05) is 17.2 Å². The van der Waals surface area contributed by atoms with Gasteiger partial charge in [-0.15, -0.1) is 33.3 Å². The van der Waals surface area contributed by atoms with E-state index in [0.29, 0.717) is 14.6 Å². The molecule has 2 atom stereocenters. The maximum Gasteiger partial charge on any atom is 0.352 e. The number of hydrogen-bond acceptors (Lipinski definition) is 17. The summed E-state index contributed by atoms with van der Waals surface area (Å²) in [4.78, 5) is 71.8. The lowest BCUT2D eigenvalue weighted by Crippen LogP contribution is -2.71. The number of nitrogens with zero attached hydrogens (tertiary/aromatic N) is 6. The number of thioether (sulfide) groups is 2. The topological polar surface area (TPSA) is 279 Å². The summed E-state index contributed by atoms with van der Waals surface area (Å²) in [7, 11) is 0. The number of nitrogens with two attached hydrogens (primary N) is 2. The molecule has 0 radical (unpaired) electrons. The quantitative estimate of drug-likeness (QED) is 0.0477. The van der Waals surface area contributed by atoms with Gasteiger partial charge in [-0.1, -0.05) is 28.3 Å². The van der Waals surface area contributed by atoms with E-state index < -0.39 is 52.9 Å². The van der Waals surface area contributed by atoms with Crippen LogP contribution >= 0.6 is 46.2 Å². The largest absolute Gasteiger partial charge is 0.503 e. The number of carbonyl (C=O) groups is 4. The molecule has 5 rings (SSSR count). The number of β-lactam (4-membered cyclic amide) rings is 1. The van der Waals surface area contributed by atoms with Crippen molar-refractivity contribution < 1.29 is 39.4 Å². The third kappa shape index (κ3) is 6.17. The predicted octanol–water partition coefficient (Wildman–Crippen LogP) is -0.768. The van der Waals surface area contributed by atoms with E-state index in [1.54, 1.807) is 0 Å². The number of anilines is 1. The molecule has 3 aromatic heterocycles. The van der Waals surface area contributed by atoms with E-state index in [1.807, 2.05) is 0 Å². The third-order valence-corrected chi connectivity index (χ3v) is 10.1. The molecular formula is C22H19N9O9S4. The summed E-state index contributed by atoms with van der Waals surface area (Å²) in [6.07, 6.45) is 0.759. The molecule has 1 fully saturated rings. The smallest absolute Gasteiger partial charge is 0.352 e. The Kier molecular flexibility index (Phi) is 8.75. The summed E-state index contributed by atoms with van der Waals surface area (Å²) in [5, 5.41) is 43.8. The van der Waals surface area contributed by atoms with Crippen LogP contribution in [0, 0.1) is 0 Å². The van der Waals surface area contributed by atoms with Gasteiger partial charge in [-0.25, -0.2) is 9.78 Å². The van der Waals surface area contributed by atoms with Gasteiger partial charge < -0.3 is 37.0 Å². The second-order valence-corrected chi connectivity index (χ2v) is 13.0. The minimum atomic E-state index is -1.33. The van der Waals surface area contributed by atoms with Gasteiger partial charge in [0.05, 0.1) is 6.20 Å². The minimum Gasteiger partial charge on any atom is -0.503 e. The highest BCUT2D eigenvalue weighted by Gasteiger charge is 2.54. The maximum absolute atomic E-state index is 13.3. The van der Waals surface area contributed by atoms with Crippen LogP contribution in [-0.2, 0) is 25.8 Å². The highest BCUT2D eigenvalue weighted by molar-refractivity contribution is 8.01. The molecule has 230 valence electrons. The number of nitrogens with one attached hydrogen (secondary N) is 1. The summed E-state index contributed by atoms with van der Waals surface area (Å²) in [5.41, 5.74) is 9.86. The molecule has 22 heteroatoms. The van der Waals surface area contributed by atoms with Crippen LogP contribution in [-0.4, -0.2) is 92.6 Å². The van der Waals surface area contributed by atoms with Gasteiger partial charge in [-0.3, -0.25) is 24.1 Å². The van der Waals surface area contributed by atoms with Gasteiger partial charge in [0.2, 0.25) is 10.4 Å². The molecule has 2 aliphatic rings. The summed E-state index contributed by atoms with van der Waals surface area (Å²) in [5.74, 6) is -3.94. The number of rotatable bonds is 11. The van der Waals surface area contributed by atoms with Crippen molar-refractivity contribution in [3.63, 3.8) is 0 Å². The first kappa shape index (κ1) is 30.8. The third-order valence-electron chi connectivity index (χ3n) is 5.96. The molecule has 0 bridgehead atoms. The molecule has 8 N–H and O–H groups in total. The fraction of sp³-hybridized carbons (Fsp3) is 0.227. The van der Waals surface area contributed by atoms with Crippen LogP contribution in [0.25, 0.3) is 0 Å². The SMILES string of the molecule is NC(=O)c1nnc(SCC2=C(C(=O)O)N3C(=O)[C@@H](NC(=O)/C(=N/OCc4cc(=O)c(O)cn4O)c4csc(N)n4)[C@H]3SC2)s1. The standard InChI is InChI=1S/C22H19N9O9S4/c23-15(34)17-27-28-22(44-17)43-5-7-4-41-19-13(18(36)31(19)14(7)20(37)38)26-16(35)12(9-6-42-21(24)25-9)29-40-3-8-1-10(32)11(33)2-30(8)39/h1-2,6,13,19,33,39H,3-5H2,(H2,23,34)(H2,24,25)(H,26,35)(H,37,38)/b29-12+/t13-,19-/m1/s1. The van der Waals surface area contributed by atoms with Crippen LogP contribution in [0.3, 0.4) is 0 Å². The van der Waals surface area contributed by atoms with E-state index in [9.17, 15) is 39.4 Å². The number of carboxylic acids is 1. The second-order valence-electron chi connectivity index (χ2n) is 8.79. The Morgan fingerprint density at radius 1 is 1.27 bits per heavy atom. The molecule has 18 nitrogen and oxygen atoms in total. The number of amides is 3. The van der Waals surface area contributed by atoms with Gasteiger partial charge in [0.25, 0.3) is 17.7 Å². The Morgan fingerprint density at radius 2 is 2.05 bits per heavy atom. The van der Waals surface area contributed by atoms with Crippen LogP contribution in [0.15, 0.2) is 43.2 Å². The molecule has 0 spiro atoms. The molecule has 5 heterocycles. The van der Waals surface area contributed by atoms with E-state index >= 15 is 0 Å². The van der Waals surface area contributed by atoms with Crippen molar-refractivity contribution in [2.24, 2.45) is 10.9 Å². The molecule has 2 aliphatic heterocycles. The molecule has 0 aliphatic carbocycles. The number of carbonyl (C=O) groups excluding carboxylic acids is 3. The lowest BCUT2D eigenvalue weighted by molar-refractivity contribution is -0.150. The van der Waals surface area contributed by atoms with Gasteiger partial charge >= 0.3 is 5.97 Å². The summed E-state index contributed by atoms with van der Waals surface area (Å²) >= 11 is 4.34. The van der Waals surface area contributed by atoms with Crippen molar-refractivity contribution in [1.82, 2.24) is 30.1 Å². The van der Waals surface area contributed by atoms with Gasteiger partial charge in [-0.2, -0.15) is 4.73 Å². The van der Waals surface area contributed by atoms with Crippen molar-refractivity contribution in [2.45, 2.75) is 22.4 Å². The van der Waals surface area contributed by atoms with Crippen molar-refractivity contribution in [1.29, 1.82) is 0 Å². The van der Waals surface area contributed by atoms with Crippen LogP contribution in [0.1, 0.15) is 21.2 Å². The zero-order valence-corrected chi connectivity index (χ0v) is 25.0. The lowest BCUT2D eigenvalue weighted by Gasteiger charge is -2.49. The van der Waals surface area contributed by atoms with E-state index in [-0.39, 0.29) is 44.4 Å². The van der Waals surface area contributed by atoms with Crippen LogP contribution in [0.4, 0.5) is 5.13 Å². The van der Waals surface area contributed by atoms with Crippen molar-refractivity contribution in [3.05, 3.63) is 55.5 Å². The molecule has 3 aromatic rings. The van der Waals surface area contributed by atoms with Gasteiger partial charge in [0.1, 0.15) is 28.5 Å². The average molecular weight is 682 g/mol. The molecule has 0 unspecified atom stereocenters. The van der Waals surface area contributed by atoms with E-state index in [4.69, 9.17) is 16.3 Å². The fourth-order valence-corrected chi connectivity index (χ4v) is 7.68. The number of pyridine rings is 1. The van der Waals surface area contributed by atoms with Crippen LogP contribution in [0.2, 0.25) is 0 Å². The number of primary amides is 1. The average Bonchev–Trinajstić information content (AvgIpc) is 3.64. The van der Waals surface area contributed by atoms with E-state index in [2.05, 4.69) is 25.7 Å². The molecule has 1 saturated heterocycles. The predicted molar refractivity (Wildman–Crippen MR) is 156 cm³/mol. The maximum atomic E-state index is 13.3. The van der Waals surface area contributed by atoms with Crippen LogP contribution in [0.5, 0.6) is 5.75 Å². The molecule has 0 aromatic carbocycles. The number of oxime groups is 1. The Morgan fingerprint density at radius 3 is 2.70 bits per heavy atom. The molecule has 3 amide bonds. The lowest BCUT2D eigenvalue weighted by atomic mass is 10.0. The number of thiazole rings is 1. The fourth-order valence-electron chi connectivity index (χ4n) is 3.95. The van der Waals surface area contributed by atoms with Gasteiger partial charge in [0, 0.05) is 23.0 Å². The number of aromatic hydroxyl groups is 1. The summed E-state index contributed by atoms with van der Waals surface area (Å²) < 4.78 is 0.842. The zero-order chi connectivity index (χ0) is 31.7. The van der Waals surface area contributed by atoms with Crippen molar-refractivity contribution >= 4 is 80.7 Å². The Bertz CT molecular complexity index is 1800. The highest BCUT2D eigenvalue weighted by atomic mass is 32.2. The zero-order valence-electron chi connectivity index (χ0n) is 21.8. The van der Waals surface area contributed by atoms with Crippen LogP contribution < -0.4 is 22.2 Å². The van der Waals surface area contributed by atoms with Gasteiger partial charge in [0.15, 0.2) is 27.5 Å². The number of aliphatic carboxylic acids is 1. The first-order valence-electron chi connectivity index (χ1n) is 12.0. The van der Waals surface area contributed by atoms with Gasteiger partial charge in [-0.05, 0) is 5.57 Å².